The number of nitrogens with two attached hydrogens (primary N) is 1. The van der Waals surface area contributed by atoms with Crippen molar-refractivity contribution in [2.45, 2.75) is 18.9 Å². The van der Waals surface area contributed by atoms with Gasteiger partial charge in [-0.15, -0.1) is 0 Å². The molecule has 5 heteroatoms. The maximum atomic E-state index is 13.5. The Morgan fingerprint density at radius 2 is 2.29 bits per heavy atom. The summed E-state index contributed by atoms with van der Waals surface area (Å²) in [6.45, 7) is 1.12. The van der Waals surface area contributed by atoms with Crippen LogP contribution in [-0.2, 0) is 4.74 Å². The van der Waals surface area contributed by atoms with Gasteiger partial charge in [-0.25, -0.2) is 4.39 Å². The number of hydrogen-bond donors (Lipinski definition) is 2. The van der Waals surface area contributed by atoms with E-state index in [1.807, 2.05) is 0 Å². The minimum Gasteiger partial charge on any atom is -0.383 e. The number of nitrogens with one attached hydrogen (secondary N) is 1. The quantitative estimate of drug-likeness (QED) is 0.792. The van der Waals surface area contributed by atoms with Crippen molar-refractivity contribution < 1.29 is 9.13 Å². The summed E-state index contributed by atoms with van der Waals surface area (Å²) in [5.74, 6) is -0.316. The van der Waals surface area contributed by atoms with Gasteiger partial charge in [0, 0.05) is 18.2 Å². The van der Waals surface area contributed by atoms with E-state index in [-0.39, 0.29) is 11.9 Å². The van der Waals surface area contributed by atoms with Crippen LogP contribution in [0.25, 0.3) is 0 Å². The summed E-state index contributed by atoms with van der Waals surface area (Å²) < 4.78 is 18.6. The minimum absolute atomic E-state index is 0.0384. The second kappa shape index (κ2) is 7.48. The predicted octanol–water partition coefficient (Wildman–Crippen LogP) is 2.64. The van der Waals surface area contributed by atoms with Gasteiger partial charge in [-0.2, -0.15) is 0 Å². The molecule has 0 fully saturated rings. The van der Waals surface area contributed by atoms with Crippen molar-refractivity contribution in [3.8, 4) is 0 Å². The molecule has 1 aromatic rings. The molecule has 3 N–H and O–H groups in total. The molecule has 0 aliphatic carbocycles. The van der Waals surface area contributed by atoms with Gasteiger partial charge in [-0.3, -0.25) is 0 Å². The van der Waals surface area contributed by atoms with Gasteiger partial charge >= 0.3 is 0 Å². The first-order valence-corrected chi connectivity index (χ1v) is 5.95. The zero-order valence-corrected chi connectivity index (χ0v) is 10.6. The molecule has 0 aliphatic heterocycles. The molecule has 1 rings (SSSR count). The third-order valence-electron chi connectivity index (χ3n) is 2.41. The molecule has 3 nitrogen and oxygen atoms in total. The highest BCUT2D eigenvalue weighted by Gasteiger charge is 2.11. The molecule has 0 spiro atoms. The third-order valence-corrected chi connectivity index (χ3v) is 2.65. The number of hydrogen-bond acceptors (Lipinski definition) is 3. The summed E-state index contributed by atoms with van der Waals surface area (Å²) in [5.41, 5.74) is 5.86. The van der Waals surface area contributed by atoms with Crippen LogP contribution in [0.3, 0.4) is 0 Å². The first kappa shape index (κ1) is 14.2. The van der Waals surface area contributed by atoms with E-state index in [1.165, 1.54) is 12.1 Å². The molecule has 1 aromatic carbocycles. The molecular formula is C12H18ClFN2O. The molecule has 96 valence electrons. The van der Waals surface area contributed by atoms with Gasteiger partial charge in [-0.1, -0.05) is 11.6 Å². The van der Waals surface area contributed by atoms with E-state index in [9.17, 15) is 4.39 Å². The summed E-state index contributed by atoms with van der Waals surface area (Å²) in [6, 6.07) is 4.48. The van der Waals surface area contributed by atoms with E-state index in [4.69, 9.17) is 22.1 Å². The second-order valence-corrected chi connectivity index (χ2v) is 4.29. The van der Waals surface area contributed by atoms with Crippen molar-refractivity contribution in [2.75, 3.05) is 25.6 Å². The maximum Gasteiger partial charge on any atom is 0.146 e. The van der Waals surface area contributed by atoms with Crippen LogP contribution in [0.1, 0.15) is 12.8 Å². The molecule has 0 heterocycles. The molecule has 0 amide bonds. The molecule has 1 atom stereocenters. The molecule has 17 heavy (non-hydrogen) atoms. The Labute approximate surface area is 106 Å². The highest BCUT2D eigenvalue weighted by atomic mass is 35.5. The summed E-state index contributed by atoms with van der Waals surface area (Å²) >= 11 is 5.82. The van der Waals surface area contributed by atoms with E-state index in [0.29, 0.717) is 23.9 Å². The average molecular weight is 261 g/mol. The van der Waals surface area contributed by atoms with E-state index < -0.39 is 0 Å². The van der Waals surface area contributed by atoms with Gasteiger partial charge in [0.1, 0.15) is 5.82 Å². The zero-order valence-electron chi connectivity index (χ0n) is 9.88. The lowest BCUT2D eigenvalue weighted by Crippen LogP contribution is -2.26. The van der Waals surface area contributed by atoms with Crippen LogP contribution in [-0.4, -0.2) is 26.3 Å². The fourth-order valence-corrected chi connectivity index (χ4v) is 1.76. The van der Waals surface area contributed by atoms with Crippen molar-refractivity contribution in [3.05, 3.63) is 29.0 Å². The van der Waals surface area contributed by atoms with Crippen molar-refractivity contribution in [1.29, 1.82) is 0 Å². The van der Waals surface area contributed by atoms with Crippen molar-refractivity contribution in [2.24, 2.45) is 5.73 Å². The maximum absolute atomic E-state index is 13.5. The standard InChI is InChI=1S/C12H18ClFN2O/c1-17-8-10(3-2-6-15)16-12-7-9(13)4-5-11(12)14/h4-5,7,10,16H,2-3,6,8,15H2,1H3. The van der Waals surface area contributed by atoms with Gasteiger partial charge in [0.25, 0.3) is 0 Å². The van der Waals surface area contributed by atoms with Crippen LogP contribution in [0, 0.1) is 5.82 Å². The van der Waals surface area contributed by atoms with E-state index >= 15 is 0 Å². The Balaban J connectivity index is 2.67. The number of ether oxygens (including phenoxy) is 1. The number of halogens is 2. The molecule has 0 aliphatic rings. The van der Waals surface area contributed by atoms with Crippen LogP contribution in [0.4, 0.5) is 10.1 Å². The highest BCUT2D eigenvalue weighted by molar-refractivity contribution is 6.30. The van der Waals surface area contributed by atoms with Crippen LogP contribution >= 0.6 is 11.6 Å². The number of anilines is 1. The third kappa shape index (κ3) is 4.89. The normalized spacial score (nSPS) is 12.5. The van der Waals surface area contributed by atoms with E-state index in [1.54, 1.807) is 13.2 Å². The molecule has 0 bridgehead atoms. The summed E-state index contributed by atoms with van der Waals surface area (Å²) in [5, 5.41) is 3.59. The topological polar surface area (TPSA) is 47.3 Å². The number of benzene rings is 1. The Morgan fingerprint density at radius 1 is 1.53 bits per heavy atom. The molecule has 0 aromatic heterocycles. The summed E-state index contributed by atoms with van der Waals surface area (Å²) in [4.78, 5) is 0. The van der Waals surface area contributed by atoms with E-state index in [0.717, 1.165) is 12.8 Å². The lowest BCUT2D eigenvalue weighted by Gasteiger charge is -2.19. The molecule has 0 saturated carbocycles. The van der Waals surface area contributed by atoms with E-state index in [2.05, 4.69) is 5.32 Å². The van der Waals surface area contributed by atoms with Crippen molar-refractivity contribution >= 4 is 17.3 Å². The van der Waals surface area contributed by atoms with Crippen LogP contribution in [0.2, 0.25) is 5.02 Å². The largest absolute Gasteiger partial charge is 0.383 e. The predicted molar refractivity (Wildman–Crippen MR) is 69.0 cm³/mol. The molecule has 1 unspecified atom stereocenters. The summed E-state index contributed by atoms with van der Waals surface area (Å²) in [7, 11) is 1.62. The minimum atomic E-state index is -0.316. The molecule has 0 radical (unpaired) electrons. The Kier molecular flexibility index (Phi) is 6.26. The van der Waals surface area contributed by atoms with Crippen molar-refractivity contribution in [1.82, 2.24) is 0 Å². The second-order valence-electron chi connectivity index (χ2n) is 3.85. The summed E-state index contributed by atoms with van der Waals surface area (Å²) in [6.07, 6.45) is 1.69. The Hall–Kier alpha value is -0.840. The molecule has 0 saturated heterocycles. The van der Waals surface area contributed by atoms with Crippen molar-refractivity contribution in [3.63, 3.8) is 0 Å². The molecular weight excluding hydrogens is 243 g/mol. The Morgan fingerprint density at radius 3 is 2.94 bits per heavy atom. The smallest absolute Gasteiger partial charge is 0.146 e. The van der Waals surface area contributed by atoms with Gasteiger partial charge in [-0.05, 0) is 37.6 Å². The van der Waals surface area contributed by atoms with Gasteiger partial charge in [0.15, 0.2) is 0 Å². The van der Waals surface area contributed by atoms with Crippen LogP contribution in [0.5, 0.6) is 0 Å². The SMILES string of the molecule is COCC(CCCN)Nc1cc(Cl)ccc1F. The zero-order chi connectivity index (χ0) is 12.7. The lowest BCUT2D eigenvalue weighted by molar-refractivity contribution is 0.182. The number of rotatable bonds is 7. The van der Waals surface area contributed by atoms with Gasteiger partial charge in [0.2, 0.25) is 0 Å². The fourth-order valence-electron chi connectivity index (χ4n) is 1.59. The van der Waals surface area contributed by atoms with Crippen LogP contribution in [0.15, 0.2) is 18.2 Å². The lowest BCUT2D eigenvalue weighted by atomic mass is 10.1. The number of methoxy groups -OCH3 is 1. The fraction of sp³-hybridized carbons (Fsp3) is 0.500. The first-order valence-electron chi connectivity index (χ1n) is 5.58. The Bertz CT molecular complexity index is 349. The average Bonchev–Trinajstić information content (AvgIpc) is 2.31. The first-order chi connectivity index (χ1) is 8.17. The van der Waals surface area contributed by atoms with Gasteiger partial charge in [0.05, 0.1) is 12.3 Å². The van der Waals surface area contributed by atoms with Gasteiger partial charge < -0.3 is 15.8 Å². The monoisotopic (exact) mass is 260 g/mol. The van der Waals surface area contributed by atoms with Crippen LogP contribution < -0.4 is 11.1 Å². The highest BCUT2D eigenvalue weighted by Crippen LogP contribution is 2.21.